The van der Waals surface area contributed by atoms with Gasteiger partial charge in [0.25, 0.3) is 0 Å². The van der Waals surface area contributed by atoms with Gasteiger partial charge in [-0.15, -0.1) is 0 Å². The lowest BCUT2D eigenvalue weighted by Crippen LogP contribution is -2.37. The molecule has 1 rings (SSSR count). The van der Waals surface area contributed by atoms with Crippen LogP contribution in [0, 0.1) is 12.7 Å². The van der Waals surface area contributed by atoms with E-state index in [1.54, 1.807) is 18.0 Å². The number of likely N-dealkylation sites (N-methyl/N-ethyl adjacent to an activating group) is 1. The van der Waals surface area contributed by atoms with Crippen molar-refractivity contribution in [3.63, 3.8) is 0 Å². The number of rotatable bonds is 5. The number of carboxylic acids is 1. The number of halogens is 1. The van der Waals surface area contributed by atoms with Gasteiger partial charge in [0.05, 0.1) is 0 Å². The molecule has 3 nitrogen and oxygen atoms in total. The maximum Gasteiger partial charge on any atom is 0.320 e. The minimum atomic E-state index is -0.824. The number of carboxylic acid groups (broad SMARTS) is 1. The molecule has 17 heavy (non-hydrogen) atoms. The Hall–Kier alpha value is -1.42. The Labute approximate surface area is 101 Å². The fourth-order valence-corrected chi connectivity index (χ4v) is 1.89. The van der Waals surface area contributed by atoms with Gasteiger partial charge in [-0.3, -0.25) is 9.69 Å². The van der Waals surface area contributed by atoms with Gasteiger partial charge in [-0.25, -0.2) is 4.39 Å². The Morgan fingerprint density at radius 2 is 2.18 bits per heavy atom. The zero-order valence-corrected chi connectivity index (χ0v) is 10.4. The maximum atomic E-state index is 12.9. The van der Waals surface area contributed by atoms with Crippen molar-refractivity contribution in [2.75, 3.05) is 7.05 Å². The van der Waals surface area contributed by atoms with Crippen LogP contribution in [0.4, 0.5) is 4.39 Å². The van der Waals surface area contributed by atoms with Crippen LogP contribution in [0.3, 0.4) is 0 Å². The van der Waals surface area contributed by atoms with Crippen molar-refractivity contribution in [3.8, 4) is 0 Å². The highest BCUT2D eigenvalue weighted by atomic mass is 19.1. The van der Waals surface area contributed by atoms with Crippen molar-refractivity contribution in [2.45, 2.75) is 32.9 Å². The van der Waals surface area contributed by atoms with E-state index >= 15 is 0 Å². The molecule has 0 saturated heterocycles. The first-order valence-electron chi connectivity index (χ1n) is 5.63. The third-order valence-corrected chi connectivity index (χ3v) is 2.93. The molecule has 0 spiro atoms. The summed E-state index contributed by atoms with van der Waals surface area (Å²) in [6.45, 7) is 4.18. The molecule has 0 fully saturated rings. The summed E-state index contributed by atoms with van der Waals surface area (Å²) in [5.41, 5.74) is 1.80. The molecule has 1 unspecified atom stereocenters. The Bertz CT molecular complexity index is 406. The predicted molar refractivity (Wildman–Crippen MR) is 64.3 cm³/mol. The molecule has 94 valence electrons. The molecule has 1 aromatic rings. The van der Waals surface area contributed by atoms with Crippen molar-refractivity contribution < 1.29 is 14.3 Å². The van der Waals surface area contributed by atoms with Crippen LogP contribution < -0.4 is 0 Å². The third-order valence-electron chi connectivity index (χ3n) is 2.93. The molecular weight excluding hydrogens is 221 g/mol. The minimum absolute atomic E-state index is 0.265. The van der Waals surface area contributed by atoms with Crippen LogP contribution >= 0.6 is 0 Å². The molecule has 0 amide bonds. The number of aryl methyl sites for hydroxylation is 1. The quantitative estimate of drug-likeness (QED) is 0.858. The van der Waals surface area contributed by atoms with Crippen molar-refractivity contribution in [3.05, 3.63) is 35.1 Å². The summed E-state index contributed by atoms with van der Waals surface area (Å²) in [4.78, 5) is 12.8. The molecule has 0 aliphatic carbocycles. The Kier molecular flexibility index (Phi) is 4.63. The summed E-state index contributed by atoms with van der Waals surface area (Å²) in [5.74, 6) is -1.09. The average molecular weight is 239 g/mol. The van der Waals surface area contributed by atoms with Crippen LogP contribution in [-0.2, 0) is 11.3 Å². The second-order valence-corrected chi connectivity index (χ2v) is 4.25. The van der Waals surface area contributed by atoms with Gasteiger partial charge < -0.3 is 5.11 Å². The molecule has 1 N–H and O–H groups in total. The molecule has 4 heteroatoms. The first kappa shape index (κ1) is 13.6. The second-order valence-electron chi connectivity index (χ2n) is 4.25. The highest BCUT2D eigenvalue weighted by Crippen LogP contribution is 2.14. The fraction of sp³-hybridized carbons (Fsp3) is 0.462. The number of hydrogen-bond acceptors (Lipinski definition) is 2. The monoisotopic (exact) mass is 239 g/mol. The van der Waals surface area contributed by atoms with Gasteiger partial charge in [-0.2, -0.15) is 0 Å². The molecule has 0 saturated carbocycles. The third kappa shape index (κ3) is 3.53. The summed E-state index contributed by atoms with van der Waals surface area (Å²) < 4.78 is 12.9. The molecule has 1 aromatic carbocycles. The van der Waals surface area contributed by atoms with Crippen molar-refractivity contribution >= 4 is 5.97 Å². The van der Waals surface area contributed by atoms with E-state index in [-0.39, 0.29) is 5.82 Å². The normalized spacial score (nSPS) is 12.8. The topological polar surface area (TPSA) is 40.5 Å². The highest BCUT2D eigenvalue weighted by Gasteiger charge is 2.20. The number of benzene rings is 1. The summed E-state index contributed by atoms with van der Waals surface area (Å²) >= 11 is 0. The number of hydrogen-bond donors (Lipinski definition) is 1. The van der Waals surface area contributed by atoms with Crippen LogP contribution in [0.2, 0.25) is 0 Å². The molecule has 0 bridgehead atoms. The van der Waals surface area contributed by atoms with E-state index in [1.807, 2.05) is 13.8 Å². The van der Waals surface area contributed by atoms with Crippen LogP contribution in [0.25, 0.3) is 0 Å². The summed E-state index contributed by atoms with van der Waals surface area (Å²) in [6, 6.07) is 4.07. The maximum absolute atomic E-state index is 12.9. The van der Waals surface area contributed by atoms with Crippen LogP contribution in [0.5, 0.6) is 0 Å². The van der Waals surface area contributed by atoms with Crippen LogP contribution in [0.15, 0.2) is 18.2 Å². The molecule has 0 radical (unpaired) electrons. The predicted octanol–water partition coefficient (Wildman–Crippen LogP) is 2.43. The van der Waals surface area contributed by atoms with Gasteiger partial charge in [-0.05, 0) is 43.7 Å². The van der Waals surface area contributed by atoms with Gasteiger partial charge in [0.2, 0.25) is 0 Å². The lowest BCUT2D eigenvalue weighted by atomic mass is 10.1. The van der Waals surface area contributed by atoms with E-state index in [2.05, 4.69) is 0 Å². The Balaban J connectivity index is 2.79. The van der Waals surface area contributed by atoms with E-state index in [1.165, 1.54) is 12.1 Å². The van der Waals surface area contributed by atoms with E-state index in [9.17, 15) is 9.18 Å². The smallest absolute Gasteiger partial charge is 0.320 e. The van der Waals surface area contributed by atoms with E-state index in [0.717, 1.165) is 11.1 Å². The van der Waals surface area contributed by atoms with Crippen LogP contribution in [-0.4, -0.2) is 29.1 Å². The van der Waals surface area contributed by atoms with Crippen LogP contribution in [0.1, 0.15) is 24.5 Å². The lowest BCUT2D eigenvalue weighted by molar-refractivity contribution is -0.143. The van der Waals surface area contributed by atoms with Crippen molar-refractivity contribution in [2.24, 2.45) is 0 Å². The Morgan fingerprint density at radius 1 is 1.53 bits per heavy atom. The highest BCUT2D eigenvalue weighted by molar-refractivity contribution is 5.73. The average Bonchev–Trinajstić information content (AvgIpc) is 2.22. The number of aliphatic carboxylic acids is 1. The van der Waals surface area contributed by atoms with Gasteiger partial charge in [0.15, 0.2) is 0 Å². The van der Waals surface area contributed by atoms with Gasteiger partial charge in [-0.1, -0.05) is 13.0 Å². The van der Waals surface area contributed by atoms with Crippen molar-refractivity contribution in [1.29, 1.82) is 0 Å². The first-order valence-corrected chi connectivity index (χ1v) is 5.63. The number of nitrogens with zero attached hydrogens (tertiary/aromatic N) is 1. The summed E-state index contributed by atoms with van der Waals surface area (Å²) in [5, 5.41) is 9.03. The van der Waals surface area contributed by atoms with Gasteiger partial charge in [0.1, 0.15) is 11.9 Å². The van der Waals surface area contributed by atoms with E-state index < -0.39 is 12.0 Å². The molecule has 0 aromatic heterocycles. The molecule has 0 aliphatic heterocycles. The minimum Gasteiger partial charge on any atom is -0.480 e. The van der Waals surface area contributed by atoms with E-state index in [4.69, 9.17) is 5.11 Å². The molecule has 0 heterocycles. The fourth-order valence-electron chi connectivity index (χ4n) is 1.89. The second kappa shape index (κ2) is 5.77. The summed E-state index contributed by atoms with van der Waals surface area (Å²) in [6.07, 6.45) is 0.548. The van der Waals surface area contributed by atoms with Gasteiger partial charge in [0, 0.05) is 6.54 Å². The summed E-state index contributed by atoms with van der Waals surface area (Å²) in [7, 11) is 1.77. The van der Waals surface area contributed by atoms with Gasteiger partial charge >= 0.3 is 5.97 Å². The first-order chi connectivity index (χ1) is 7.95. The van der Waals surface area contributed by atoms with Crippen molar-refractivity contribution in [1.82, 2.24) is 4.90 Å². The molecule has 0 aliphatic rings. The Morgan fingerprint density at radius 3 is 2.65 bits per heavy atom. The standard InChI is InChI=1S/C13H18FNO2/c1-4-12(13(16)17)15(3)8-10-5-6-11(14)7-9(10)2/h5-7,12H,4,8H2,1-3H3,(H,16,17). The number of carbonyl (C=O) groups is 1. The van der Waals surface area contributed by atoms with E-state index in [0.29, 0.717) is 13.0 Å². The zero-order valence-electron chi connectivity index (χ0n) is 10.4. The molecule has 1 atom stereocenters. The largest absolute Gasteiger partial charge is 0.480 e. The lowest BCUT2D eigenvalue weighted by Gasteiger charge is -2.24. The zero-order chi connectivity index (χ0) is 13.0. The SMILES string of the molecule is CCC(C(=O)O)N(C)Cc1ccc(F)cc1C. The molecular formula is C13H18FNO2.